The summed E-state index contributed by atoms with van der Waals surface area (Å²) in [4.78, 5) is 2.46. The Labute approximate surface area is 115 Å². The van der Waals surface area contributed by atoms with Crippen LogP contribution in [0.1, 0.15) is 45.1 Å². The number of hydrogen-bond donors (Lipinski definition) is 1. The second kappa shape index (κ2) is 6.38. The molecule has 0 saturated heterocycles. The van der Waals surface area contributed by atoms with E-state index in [-0.39, 0.29) is 11.9 Å². The maximum Gasteiger partial charge on any atom is 0.123 e. The van der Waals surface area contributed by atoms with E-state index in [2.05, 4.69) is 11.8 Å². The Morgan fingerprint density at radius 3 is 2.74 bits per heavy atom. The largest absolute Gasteiger partial charge is 0.368 e. The Hall–Kier alpha value is -1.09. The molecule has 106 valence electrons. The smallest absolute Gasteiger partial charge is 0.123 e. The average molecular weight is 264 g/mol. The molecule has 1 saturated carbocycles. The number of anilines is 1. The number of halogens is 1. The summed E-state index contributed by atoms with van der Waals surface area (Å²) in [6.07, 6.45) is 5.64. The summed E-state index contributed by atoms with van der Waals surface area (Å²) in [6.45, 7) is 5.25. The molecule has 1 aromatic rings. The van der Waals surface area contributed by atoms with Crippen LogP contribution < -0.4 is 10.6 Å². The van der Waals surface area contributed by atoms with Crippen LogP contribution in [0.15, 0.2) is 18.2 Å². The van der Waals surface area contributed by atoms with Gasteiger partial charge in [-0.2, -0.15) is 0 Å². The summed E-state index contributed by atoms with van der Waals surface area (Å²) < 4.78 is 13.5. The Kier molecular flexibility index (Phi) is 4.81. The molecule has 0 radical (unpaired) electrons. The molecule has 1 unspecified atom stereocenters. The Balaban J connectivity index is 2.24. The zero-order chi connectivity index (χ0) is 13.8. The molecule has 1 aromatic carbocycles. The van der Waals surface area contributed by atoms with Crippen molar-refractivity contribution in [3.8, 4) is 0 Å². The maximum absolute atomic E-state index is 13.5. The van der Waals surface area contributed by atoms with Crippen LogP contribution in [0.25, 0.3) is 0 Å². The number of hydrogen-bond acceptors (Lipinski definition) is 2. The van der Waals surface area contributed by atoms with Gasteiger partial charge in [-0.1, -0.05) is 13.3 Å². The van der Waals surface area contributed by atoms with Crippen LogP contribution >= 0.6 is 0 Å². The minimum absolute atomic E-state index is 0.0628. The highest BCUT2D eigenvalue weighted by atomic mass is 19.1. The average Bonchev–Trinajstić information content (AvgIpc) is 3.15. The van der Waals surface area contributed by atoms with Crippen LogP contribution in [0.3, 0.4) is 0 Å². The summed E-state index contributed by atoms with van der Waals surface area (Å²) in [5.41, 5.74) is 8.14. The van der Waals surface area contributed by atoms with E-state index in [9.17, 15) is 4.39 Å². The van der Waals surface area contributed by atoms with Gasteiger partial charge in [0, 0.05) is 24.3 Å². The highest BCUT2D eigenvalue weighted by Crippen LogP contribution is 2.34. The quantitative estimate of drug-likeness (QED) is 0.817. The van der Waals surface area contributed by atoms with Gasteiger partial charge >= 0.3 is 0 Å². The lowest BCUT2D eigenvalue weighted by Crippen LogP contribution is -2.29. The summed E-state index contributed by atoms with van der Waals surface area (Å²) in [5, 5.41) is 0. The number of rotatable bonds is 7. The first-order valence-electron chi connectivity index (χ1n) is 7.42. The molecule has 0 heterocycles. The van der Waals surface area contributed by atoms with E-state index in [0.717, 1.165) is 18.5 Å². The molecule has 0 aliphatic heterocycles. The van der Waals surface area contributed by atoms with Crippen LogP contribution in [0.2, 0.25) is 0 Å². The summed E-state index contributed by atoms with van der Waals surface area (Å²) in [6, 6.07) is 5.87. The van der Waals surface area contributed by atoms with Gasteiger partial charge in [0.25, 0.3) is 0 Å². The fourth-order valence-corrected chi connectivity index (χ4v) is 2.56. The summed E-state index contributed by atoms with van der Waals surface area (Å²) >= 11 is 0. The van der Waals surface area contributed by atoms with Gasteiger partial charge in [-0.25, -0.2) is 4.39 Å². The van der Waals surface area contributed by atoms with Crippen molar-refractivity contribution in [1.29, 1.82) is 0 Å². The predicted molar refractivity (Wildman–Crippen MR) is 79.0 cm³/mol. The zero-order valence-corrected chi connectivity index (χ0v) is 12.0. The van der Waals surface area contributed by atoms with Crippen molar-refractivity contribution in [3.63, 3.8) is 0 Å². The van der Waals surface area contributed by atoms with E-state index in [1.165, 1.54) is 31.4 Å². The van der Waals surface area contributed by atoms with Gasteiger partial charge in [0.05, 0.1) is 0 Å². The first-order valence-corrected chi connectivity index (χ1v) is 7.42. The van der Waals surface area contributed by atoms with Crippen molar-refractivity contribution in [2.45, 2.75) is 58.0 Å². The molecule has 3 heteroatoms. The monoisotopic (exact) mass is 264 g/mol. The third-order valence-corrected chi connectivity index (χ3v) is 3.63. The first kappa shape index (κ1) is 14.3. The minimum Gasteiger partial charge on any atom is -0.368 e. The third-order valence-electron chi connectivity index (χ3n) is 3.63. The first-order chi connectivity index (χ1) is 9.11. The van der Waals surface area contributed by atoms with Gasteiger partial charge in [-0.15, -0.1) is 0 Å². The van der Waals surface area contributed by atoms with Gasteiger partial charge in [-0.05, 0) is 56.4 Å². The Bertz CT molecular complexity index is 413. The fourth-order valence-electron chi connectivity index (χ4n) is 2.56. The SMILES string of the molecule is CCCCN(c1ccc(F)cc1CC(C)N)C1CC1. The molecule has 0 aromatic heterocycles. The number of benzene rings is 1. The van der Waals surface area contributed by atoms with Crippen molar-refractivity contribution in [3.05, 3.63) is 29.6 Å². The molecule has 1 fully saturated rings. The fraction of sp³-hybridized carbons (Fsp3) is 0.625. The van der Waals surface area contributed by atoms with Crippen LogP contribution in [0.5, 0.6) is 0 Å². The Morgan fingerprint density at radius 2 is 2.16 bits per heavy atom. The van der Waals surface area contributed by atoms with Gasteiger partial charge < -0.3 is 10.6 Å². The maximum atomic E-state index is 13.5. The van der Waals surface area contributed by atoms with Crippen molar-refractivity contribution in [2.24, 2.45) is 5.73 Å². The van der Waals surface area contributed by atoms with Crippen LogP contribution in [-0.4, -0.2) is 18.6 Å². The van der Waals surface area contributed by atoms with E-state index in [1.54, 1.807) is 12.1 Å². The number of unbranched alkanes of at least 4 members (excludes halogenated alkanes) is 1. The molecular weight excluding hydrogens is 239 g/mol. The van der Waals surface area contributed by atoms with Gasteiger partial charge in [0.1, 0.15) is 5.82 Å². The number of nitrogens with two attached hydrogens (primary N) is 1. The van der Waals surface area contributed by atoms with Gasteiger partial charge in [0.2, 0.25) is 0 Å². The van der Waals surface area contributed by atoms with E-state index < -0.39 is 0 Å². The van der Waals surface area contributed by atoms with Crippen molar-refractivity contribution in [1.82, 2.24) is 0 Å². The molecule has 0 spiro atoms. The van der Waals surface area contributed by atoms with E-state index in [4.69, 9.17) is 5.73 Å². The van der Waals surface area contributed by atoms with Gasteiger partial charge in [-0.3, -0.25) is 0 Å². The van der Waals surface area contributed by atoms with Crippen molar-refractivity contribution >= 4 is 5.69 Å². The number of nitrogens with zero attached hydrogens (tertiary/aromatic N) is 1. The van der Waals surface area contributed by atoms with E-state index in [1.807, 2.05) is 13.0 Å². The lowest BCUT2D eigenvalue weighted by atomic mass is 10.0. The molecule has 19 heavy (non-hydrogen) atoms. The lowest BCUT2D eigenvalue weighted by molar-refractivity contribution is 0.620. The topological polar surface area (TPSA) is 29.3 Å². The van der Waals surface area contributed by atoms with E-state index in [0.29, 0.717) is 6.04 Å². The molecule has 1 atom stereocenters. The molecular formula is C16H25FN2. The zero-order valence-electron chi connectivity index (χ0n) is 12.0. The molecule has 2 rings (SSSR count). The third kappa shape index (κ3) is 3.93. The van der Waals surface area contributed by atoms with E-state index >= 15 is 0 Å². The predicted octanol–water partition coefficient (Wildman–Crippen LogP) is 3.48. The Morgan fingerprint density at radius 1 is 1.42 bits per heavy atom. The normalized spacial score (nSPS) is 16.4. The molecule has 2 N–H and O–H groups in total. The molecule has 2 nitrogen and oxygen atoms in total. The summed E-state index contributed by atoms with van der Waals surface area (Å²) in [7, 11) is 0. The van der Waals surface area contributed by atoms with Crippen molar-refractivity contribution < 1.29 is 4.39 Å². The molecule has 1 aliphatic rings. The lowest BCUT2D eigenvalue weighted by Gasteiger charge is -2.27. The molecule has 0 bridgehead atoms. The van der Waals surface area contributed by atoms with Crippen LogP contribution in [0.4, 0.5) is 10.1 Å². The second-order valence-corrected chi connectivity index (χ2v) is 5.73. The summed E-state index contributed by atoms with van der Waals surface area (Å²) in [5.74, 6) is -0.161. The second-order valence-electron chi connectivity index (χ2n) is 5.73. The highest BCUT2D eigenvalue weighted by molar-refractivity contribution is 5.56. The molecule has 1 aliphatic carbocycles. The highest BCUT2D eigenvalue weighted by Gasteiger charge is 2.30. The van der Waals surface area contributed by atoms with Crippen LogP contribution in [-0.2, 0) is 6.42 Å². The van der Waals surface area contributed by atoms with Crippen LogP contribution in [0, 0.1) is 5.82 Å². The van der Waals surface area contributed by atoms with Crippen molar-refractivity contribution in [2.75, 3.05) is 11.4 Å². The van der Waals surface area contributed by atoms with Gasteiger partial charge in [0.15, 0.2) is 0 Å². The molecule has 0 amide bonds. The standard InChI is InChI=1S/C16H25FN2/c1-3-4-9-19(15-6-7-15)16-8-5-14(17)11-13(16)10-12(2)18/h5,8,11-12,15H,3-4,6-7,9-10,18H2,1-2H3. The minimum atomic E-state index is -0.161.